The molecule has 0 atom stereocenters. The van der Waals surface area contributed by atoms with Crippen molar-refractivity contribution < 1.29 is 9.18 Å². The van der Waals surface area contributed by atoms with E-state index in [0.29, 0.717) is 11.3 Å². The Kier molecular flexibility index (Phi) is 3.10. The maximum atomic E-state index is 13.2. The van der Waals surface area contributed by atoms with Crippen molar-refractivity contribution in [3.8, 4) is 0 Å². The third kappa shape index (κ3) is 2.45. The van der Waals surface area contributed by atoms with Crippen LogP contribution in [0.15, 0.2) is 30.9 Å². The second-order valence-electron chi connectivity index (χ2n) is 3.48. The lowest BCUT2D eigenvalue weighted by atomic mass is 10.2. The molecular weight excluding hydrogens is 245 g/mol. The number of carbonyl (C=O) groups is 1. The summed E-state index contributed by atoms with van der Waals surface area (Å²) in [6.07, 6.45) is 4.34. The molecular formula is C11H9ClFN3O. The van der Waals surface area contributed by atoms with E-state index in [1.165, 1.54) is 35.4 Å². The average Bonchev–Trinajstić information content (AvgIpc) is 2.79. The maximum Gasteiger partial charge on any atom is 0.331 e. The Bertz CT molecular complexity index is 554. The molecule has 0 saturated heterocycles. The van der Waals surface area contributed by atoms with Gasteiger partial charge in [0.05, 0.1) is 10.7 Å². The SMILES string of the molecule is Cc1cc(NC(=O)n2ccnc2)c(Cl)cc1F. The second kappa shape index (κ2) is 4.55. The molecule has 0 fully saturated rings. The molecule has 1 aromatic carbocycles. The molecule has 0 spiro atoms. The summed E-state index contributed by atoms with van der Waals surface area (Å²) in [5, 5.41) is 2.72. The number of halogens is 2. The van der Waals surface area contributed by atoms with Gasteiger partial charge in [0.2, 0.25) is 0 Å². The minimum Gasteiger partial charge on any atom is -0.306 e. The summed E-state index contributed by atoms with van der Waals surface area (Å²) in [6.45, 7) is 1.60. The number of nitrogens with one attached hydrogen (secondary N) is 1. The van der Waals surface area contributed by atoms with Gasteiger partial charge in [0.15, 0.2) is 0 Å². The number of aryl methyl sites for hydroxylation is 1. The molecule has 0 unspecified atom stereocenters. The molecule has 0 radical (unpaired) electrons. The molecule has 0 bridgehead atoms. The van der Waals surface area contributed by atoms with Crippen molar-refractivity contribution >= 4 is 23.3 Å². The van der Waals surface area contributed by atoms with E-state index in [9.17, 15) is 9.18 Å². The lowest BCUT2D eigenvalue weighted by Gasteiger charge is -2.08. The molecule has 0 aliphatic heterocycles. The standard InChI is InChI=1S/C11H9ClFN3O/c1-7-4-10(8(12)5-9(7)13)15-11(17)16-3-2-14-6-16/h2-6H,1H3,(H,15,17). The van der Waals surface area contributed by atoms with E-state index in [2.05, 4.69) is 10.3 Å². The van der Waals surface area contributed by atoms with Gasteiger partial charge in [-0.2, -0.15) is 0 Å². The highest BCUT2D eigenvalue weighted by Crippen LogP contribution is 2.25. The summed E-state index contributed by atoms with van der Waals surface area (Å²) in [6, 6.07) is 2.24. The molecule has 4 nitrogen and oxygen atoms in total. The smallest absolute Gasteiger partial charge is 0.306 e. The van der Waals surface area contributed by atoms with Crippen LogP contribution in [0.1, 0.15) is 5.56 Å². The fourth-order valence-corrected chi connectivity index (χ4v) is 1.51. The minimum atomic E-state index is -0.407. The number of benzene rings is 1. The van der Waals surface area contributed by atoms with Crippen molar-refractivity contribution in [2.75, 3.05) is 5.32 Å². The van der Waals surface area contributed by atoms with Gasteiger partial charge in [0.1, 0.15) is 12.1 Å². The monoisotopic (exact) mass is 253 g/mol. The second-order valence-corrected chi connectivity index (χ2v) is 3.89. The molecule has 0 aliphatic rings. The van der Waals surface area contributed by atoms with Crippen molar-refractivity contribution in [2.45, 2.75) is 6.92 Å². The van der Waals surface area contributed by atoms with Crippen LogP contribution in [0.3, 0.4) is 0 Å². The number of amides is 1. The largest absolute Gasteiger partial charge is 0.331 e. The quantitative estimate of drug-likeness (QED) is 0.849. The van der Waals surface area contributed by atoms with E-state index in [1.807, 2.05) is 0 Å². The maximum absolute atomic E-state index is 13.2. The van der Waals surface area contributed by atoms with Crippen LogP contribution in [-0.2, 0) is 0 Å². The van der Waals surface area contributed by atoms with E-state index >= 15 is 0 Å². The molecule has 1 aromatic heterocycles. The van der Waals surface area contributed by atoms with Crippen LogP contribution in [0.2, 0.25) is 5.02 Å². The summed E-state index contributed by atoms with van der Waals surface area (Å²) in [7, 11) is 0. The summed E-state index contributed by atoms with van der Waals surface area (Å²) in [5.41, 5.74) is 0.777. The number of anilines is 1. The number of hydrogen-bond donors (Lipinski definition) is 1. The van der Waals surface area contributed by atoms with Gasteiger partial charge < -0.3 is 5.32 Å². The zero-order valence-corrected chi connectivity index (χ0v) is 9.70. The van der Waals surface area contributed by atoms with Crippen LogP contribution < -0.4 is 5.32 Å². The first-order valence-corrected chi connectivity index (χ1v) is 5.20. The normalized spacial score (nSPS) is 10.3. The Morgan fingerprint density at radius 2 is 2.29 bits per heavy atom. The van der Waals surface area contributed by atoms with Gasteiger partial charge in [-0.05, 0) is 24.6 Å². The van der Waals surface area contributed by atoms with Gasteiger partial charge in [0, 0.05) is 12.4 Å². The molecule has 6 heteroatoms. The number of imidazole rings is 1. The lowest BCUT2D eigenvalue weighted by Crippen LogP contribution is -2.18. The third-order valence-corrected chi connectivity index (χ3v) is 2.54. The molecule has 2 rings (SSSR count). The number of hydrogen-bond acceptors (Lipinski definition) is 2. The highest BCUT2D eigenvalue weighted by molar-refractivity contribution is 6.33. The third-order valence-electron chi connectivity index (χ3n) is 2.23. The Morgan fingerprint density at radius 3 is 2.94 bits per heavy atom. The molecule has 2 aromatic rings. The fraction of sp³-hybridized carbons (Fsp3) is 0.0909. The summed E-state index contributed by atoms with van der Waals surface area (Å²) >= 11 is 5.83. The van der Waals surface area contributed by atoms with Gasteiger partial charge in [0.25, 0.3) is 0 Å². The van der Waals surface area contributed by atoms with Crippen molar-refractivity contribution in [1.29, 1.82) is 0 Å². The van der Waals surface area contributed by atoms with Crippen molar-refractivity contribution in [3.05, 3.63) is 47.3 Å². The fourth-order valence-electron chi connectivity index (χ4n) is 1.31. The average molecular weight is 254 g/mol. The first-order valence-electron chi connectivity index (χ1n) is 4.83. The minimum absolute atomic E-state index is 0.154. The summed E-state index contributed by atoms with van der Waals surface area (Å²) < 4.78 is 14.4. The predicted octanol–water partition coefficient (Wildman–Crippen LogP) is 3.06. The predicted molar refractivity (Wildman–Crippen MR) is 62.8 cm³/mol. The number of rotatable bonds is 1. The van der Waals surface area contributed by atoms with E-state index in [1.54, 1.807) is 6.92 Å². The highest BCUT2D eigenvalue weighted by Gasteiger charge is 2.09. The van der Waals surface area contributed by atoms with Crippen molar-refractivity contribution in [3.63, 3.8) is 0 Å². The first-order chi connectivity index (χ1) is 8.08. The van der Waals surface area contributed by atoms with Gasteiger partial charge in [-0.1, -0.05) is 11.6 Å². The van der Waals surface area contributed by atoms with Crippen LogP contribution in [0.5, 0.6) is 0 Å². The van der Waals surface area contributed by atoms with Crippen molar-refractivity contribution in [1.82, 2.24) is 9.55 Å². The Labute approximate surface area is 102 Å². The Morgan fingerprint density at radius 1 is 1.53 bits per heavy atom. The molecule has 1 amide bonds. The van der Waals surface area contributed by atoms with Gasteiger partial charge in [-0.25, -0.2) is 14.2 Å². The first kappa shape index (κ1) is 11.6. The van der Waals surface area contributed by atoms with Gasteiger partial charge >= 0.3 is 6.03 Å². The van der Waals surface area contributed by atoms with E-state index in [4.69, 9.17) is 11.6 Å². The Balaban J connectivity index is 2.25. The number of carbonyl (C=O) groups excluding carboxylic acids is 1. The number of aromatic nitrogens is 2. The van der Waals surface area contributed by atoms with Crippen molar-refractivity contribution in [2.24, 2.45) is 0 Å². The molecule has 0 saturated carbocycles. The molecule has 1 heterocycles. The van der Waals surface area contributed by atoms with E-state index in [0.717, 1.165) is 0 Å². The van der Waals surface area contributed by atoms with Crippen LogP contribution in [0.25, 0.3) is 0 Å². The van der Waals surface area contributed by atoms with Gasteiger partial charge in [-0.3, -0.25) is 4.57 Å². The Hall–Kier alpha value is -1.88. The molecule has 88 valence electrons. The zero-order valence-electron chi connectivity index (χ0n) is 8.95. The van der Waals surface area contributed by atoms with Crippen LogP contribution in [0.4, 0.5) is 14.9 Å². The van der Waals surface area contributed by atoms with Crippen LogP contribution in [0, 0.1) is 12.7 Å². The summed E-state index contributed by atoms with van der Waals surface area (Å²) in [4.78, 5) is 15.4. The topological polar surface area (TPSA) is 46.9 Å². The molecule has 17 heavy (non-hydrogen) atoms. The van der Waals surface area contributed by atoms with Gasteiger partial charge in [-0.15, -0.1) is 0 Å². The zero-order chi connectivity index (χ0) is 12.4. The van der Waals surface area contributed by atoms with E-state index in [-0.39, 0.29) is 5.02 Å². The highest BCUT2D eigenvalue weighted by atomic mass is 35.5. The summed E-state index contributed by atoms with van der Waals surface area (Å²) in [5.74, 6) is -0.407. The number of nitrogens with zero attached hydrogens (tertiary/aromatic N) is 2. The van der Waals surface area contributed by atoms with Crippen LogP contribution >= 0.6 is 11.6 Å². The van der Waals surface area contributed by atoms with E-state index < -0.39 is 11.8 Å². The lowest BCUT2D eigenvalue weighted by molar-refractivity contribution is 0.253. The molecule has 0 aliphatic carbocycles. The van der Waals surface area contributed by atoms with Crippen LogP contribution in [-0.4, -0.2) is 15.6 Å². The molecule has 1 N–H and O–H groups in total.